The van der Waals surface area contributed by atoms with E-state index in [-0.39, 0.29) is 5.78 Å². The van der Waals surface area contributed by atoms with Gasteiger partial charge in [-0.15, -0.1) is 11.3 Å². The van der Waals surface area contributed by atoms with Gasteiger partial charge in [-0.05, 0) is 68.2 Å². The van der Waals surface area contributed by atoms with Gasteiger partial charge in [0.15, 0.2) is 5.78 Å². The molecule has 1 aromatic carbocycles. The Kier molecular flexibility index (Phi) is 4.63. The Hall–Kier alpha value is 0.0900. The minimum Gasteiger partial charge on any atom is -0.294 e. The van der Waals surface area contributed by atoms with E-state index in [1.165, 1.54) is 0 Å². The zero-order valence-corrected chi connectivity index (χ0v) is 13.9. The highest BCUT2D eigenvalue weighted by atomic mass is 127. The van der Waals surface area contributed by atoms with E-state index in [0.717, 1.165) is 12.9 Å². The van der Waals surface area contributed by atoms with Crippen molar-refractivity contribution < 1.29 is 4.79 Å². The number of hydrogen-bond acceptors (Lipinski definition) is 2. The van der Waals surface area contributed by atoms with Gasteiger partial charge < -0.3 is 0 Å². The molecule has 0 unspecified atom stereocenters. The number of halogens is 3. The third-order valence-corrected chi connectivity index (χ3v) is 5.34. The van der Waals surface area contributed by atoms with E-state index in [1.807, 2.05) is 17.5 Å². The number of rotatable bonds is 3. The molecule has 0 spiro atoms. The van der Waals surface area contributed by atoms with Crippen molar-refractivity contribution in [3.05, 3.63) is 53.2 Å². The Labute approximate surface area is 130 Å². The van der Waals surface area contributed by atoms with Crippen molar-refractivity contribution in [2.75, 3.05) is 0 Å². The maximum Gasteiger partial charge on any atom is 0.169 e. The summed E-state index contributed by atoms with van der Waals surface area (Å²) in [6.07, 6.45) is 0.411. The molecule has 0 radical (unpaired) electrons. The summed E-state index contributed by atoms with van der Waals surface area (Å²) in [6, 6.07) is 7.34. The molecule has 0 aliphatic heterocycles. The van der Waals surface area contributed by atoms with E-state index in [1.54, 1.807) is 23.5 Å². The van der Waals surface area contributed by atoms with Crippen LogP contribution in [0.25, 0.3) is 0 Å². The molecule has 0 fully saturated rings. The highest BCUT2D eigenvalue weighted by molar-refractivity contribution is 14.1. The van der Waals surface area contributed by atoms with Crippen LogP contribution in [-0.4, -0.2) is 5.78 Å². The summed E-state index contributed by atoms with van der Waals surface area (Å²) in [6.45, 7) is 0. The molecule has 0 aliphatic carbocycles. The van der Waals surface area contributed by atoms with Crippen LogP contribution in [0.15, 0.2) is 34.1 Å². The lowest BCUT2D eigenvalue weighted by molar-refractivity contribution is 0.0993. The van der Waals surface area contributed by atoms with Crippen molar-refractivity contribution in [2.24, 2.45) is 0 Å². The van der Waals surface area contributed by atoms with Crippen LogP contribution in [0.5, 0.6) is 0 Å². The number of carbonyl (C=O) groups excluding carboxylic acids is 1. The van der Waals surface area contributed by atoms with Crippen molar-refractivity contribution in [1.29, 1.82) is 0 Å². The largest absolute Gasteiger partial charge is 0.294 e. The average Bonchev–Trinajstić information content (AvgIpc) is 2.68. The van der Waals surface area contributed by atoms with E-state index in [4.69, 9.17) is 11.6 Å². The van der Waals surface area contributed by atoms with Gasteiger partial charge in [-0.2, -0.15) is 0 Å². The standard InChI is InChI=1S/C12H7BrClIOS/c13-9-3-4-17-12(9)6-11(16)8-5-7(14)1-2-10(8)15/h1-5H,6H2. The number of benzene rings is 1. The smallest absolute Gasteiger partial charge is 0.169 e. The molecule has 17 heavy (non-hydrogen) atoms. The van der Waals surface area contributed by atoms with Crippen molar-refractivity contribution in [3.8, 4) is 0 Å². The maximum absolute atomic E-state index is 12.2. The SMILES string of the molecule is O=C(Cc1sccc1Br)c1cc(Cl)ccc1I. The lowest BCUT2D eigenvalue weighted by atomic mass is 10.1. The van der Waals surface area contributed by atoms with E-state index >= 15 is 0 Å². The second-order valence-electron chi connectivity index (χ2n) is 3.42. The van der Waals surface area contributed by atoms with Crippen LogP contribution < -0.4 is 0 Å². The molecule has 0 saturated carbocycles. The quantitative estimate of drug-likeness (QED) is 0.473. The molecular formula is C12H7BrClIOS. The highest BCUT2D eigenvalue weighted by Crippen LogP contribution is 2.26. The monoisotopic (exact) mass is 440 g/mol. The first-order chi connectivity index (χ1) is 8.08. The van der Waals surface area contributed by atoms with Gasteiger partial charge in [-0.25, -0.2) is 0 Å². The first-order valence-electron chi connectivity index (χ1n) is 4.78. The van der Waals surface area contributed by atoms with Gasteiger partial charge >= 0.3 is 0 Å². The van der Waals surface area contributed by atoms with Crippen LogP contribution in [-0.2, 0) is 6.42 Å². The van der Waals surface area contributed by atoms with Gasteiger partial charge in [0.2, 0.25) is 0 Å². The number of Topliss-reactive ketones (excluding diaryl/α,β-unsaturated/α-hetero) is 1. The summed E-state index contributed by atoms with van der Waals surface area (Å²) in [4.78, 5) is 13.2. The predicted octanol–water partition coefficient (Wildman–Crippen LogP) is 5.19. The summed E-state index contributed by atoms with van der Waals surface area (Å²) in [7, 11) is 0. The number of hydrogen-bond donors (Lipinski definition) is 0. The second kappa shape index (κ2) is 5.82. The number of carbonyl (C=O) groups is 1. The van der Waals surface area contributed by atoms with E-state index in [9.17, 15) is 4.79 Å². The third kappa shape index (κ3) is 3.30. The molecule has 0 amide bonds. The van der Waals surface area contributed by atoms with Crippen LogP contribution in [0, 0.1) is 3.57 Å². The molecule has 5 heteroatoms. The summed E-state index contributed by atoms with van der Waals surface area (Å²) in [5.41, 5.74) is 0.693. The summed E-state index contributed by atoms with van der Waals surface area (Å²) in [5, 5.41) is 2.56. The van der Waals surface area contributed by atoms with Gasteiger partial charge in [0.05, 0.1) is 0 Å². The fraction of sp³-hybridized carbons (Fsp3) is 0.0833. The van der Waals surface area contributed by atoms with Crippen LogP contribution in [0.4, 0.5) is 0 Å². The van der Waals surface area contributed by atoms with Gasteiger partial charge in [0.1, 0.15) is 0 Å². The van der Waals surface area contributed by atoms with Crippen LogP contribution in [0.1, 0.15) is 15.2 Å². The topological polar surface area (TPSA) is 17.1 Å². The second-order valence-corrected chi connectivity index (χ2v) is 6.87. The van der Waals surface area contributed by atoms with Gasteiger partial charge in [0, 0.05) is 29.9 Å². The van der Waals surface area contributed by atoms with Crippen molar-refractivity contribution >= 4 is 67.2 Å². The minimum absolute atomic E-state index is 0.0973. The van der Waals surface area contributed by atoms with E-state index < -0.39 is 0 Å². The molecule has 0 saturated heterocycles. The molecule has 88 valence electrons. The molecule has 0 aliphatic rings. The molecule has 0 bridgehead atoms. The van der Waals surface area contributed by atoms with Crippen LogP contribution in [0.3, 0.4) is 0 Å². The molecule has 0 N–H and O–H groups in total. The average molecular weight is 442 g/mol. The summed E-state index contributed by atoms with van der Waals surface area (Å²) in [5.74, 6) is 0.0973. The molecule has 0 atom stereocenters. The number of ketones is 1. The Balaban J connectivity index is 2.26. The Morgan fingerprint density at radius 1 is 1.41 bits per heavy atom. The molecule has 1 heterocycles. The minimum atomic E-state index is 0.0973. The van der Waals surface area contributed by atoms with Gasteiger partial charge in [-0.3, -0.25) is 4.79 Å². The first kappa shape index (κ1) is 13.5. The van der Waals surface area contributed by atoms with Crippen LogP contribution >= 0.6 is 61.5 Å². The number of thiophene rings is 1. The molecule has 1 nitrogen and oxygen atoms in total. The lowest BCUT2D eigenvalue weighted by Crippen LogP contribution is -2.05. The maximum atomic E-state index is 12.2. The zero-order valence-electron chi connectivity index (χ0n) is 8.54. The molecular weight excluding hydrogens is 434 g/mol. The van der Waals surface area contributed by atoms with Gasteiger partial charge in [-0.1, -0.05) is 11.6 Å². The third-order valence-electron chi connectivity index (χ3n) is 2.24. The molecule has 2 aromatic rings. The van der Waals surface area contributed by atoms with Crippen molar-refractivity contribution in [3.63, 3.8) is 0 Å². The Morgan fingerprint density at radius 3 is 2.82 bits per heavy atom. The fourth-order valence-electron chi connectivity index (χ4n) is 1.40. The van der Waals surface area contributed by atoms with E-state index in [2.05, 4.69) is 38.5 Å². The van der Waals surface area contributed by atoms with Crippen molar-refractivity contribution in [1.82, 2.24) is 0 Å². The predicted molar refractivity (Wildman–Crippen MR) is 84.2 cm³/mol. The van der Waals surface area contributed by atoms with Crippen molar-refractivity contribution in [2.45, 2.75) is 6.42 Å². The fourth-order valence-corrected chi connectivity index (χ4v) is 3.70. The Morgan fingerprint density at radius 2 is 2.18 bits per heavy atom. The lowest BCUT2D eigenvalue weighted by Gasteiger charge is -2.04. The summed E-state index contributed by atoms with van der Waals surface area (Å²) < 4.78 is 1.93. The zero-order chi connectivity index (χ0) is 12.4. The van der Waals surface area contributed by atoms with Crippen LogP contribution in [0.2, 0.25) is 5.02 Å². The van der Waals surface area contributed by atoms with Gasteiger partial charge in [0.25, 0.3) is 0 Å². The molecule has 1 aromatic heterocycles. The normalized spacial score (nSPS) is 10.5. The highest BCUT2D eigenvalue weighted by Gasteiger charge is 2.13. The summed E-state index contributed by atoms with van der Waals surface area (Å²) >= 11 is 13.1. The molecule has 2 rings (SSSR count). The first-order valence-corrected chi connectivity index (χ1v) is 7.91. The van der Waals surface area contributed by atoms with E-state index in [0.29, 0.717) is 17.0 Å². The Bertz CT molecular complexity index is 567.